The number of carbonyl (C=O) groups is 1. The molecule has 0 saturated carbocycles. The van der Waals surface area contributed by atoms with Gasteiger partial charge in [0.25, 0.3) is 0 Å². The standard InChI is InChI=1S/C15H24N2O3/c1-4-17(15(18)16-9-10-20-5-2)12-13-7-6-8-14(11-13)19-3/h6-8,11H,4-5,9-10,12H2,1-3H3,(H,16,18). The number of carbonyl (C=O) groups excluding carboxylic acids is 1. The van der Waals surface area contributed by atoms with Gasteiger partial charge in [-0.1, -0.05) is 12.1 Å². The van der Waals surface area contributed by atoms with Crippen LogP contribution in [0.25, 0.3) is 0 Å². The molecule has 0 aromatic heterocycles. The molecule has 5 nitrogen and oxygen atoms in total. The first-order valence-corrected chi connectivity index (χ1v) is 6.94. The normalized spacial score (nSPS) is 10.2. The number of hydrogen-bond acceptors (Lipinski definition) is 3. The van der Waals surface area contributed by atoms with Gasteiger partial charge < -0.3 is 19.7 Å². The Balaban J connectivity index is 2.50. The number of methoxy groups -OCH3 is 1. The number of ether oxygens (including phenoxy) is 2. The molecular formula is C15H24N2O3. The minimum absolute atomic E-state index is 0.0741. The minimum Gasteiger partial charge on any atom is -0.497 e. The molecule has 5 heteroatoms. The molecule has 0 saturated heterocycles. The Bertz CT molecular complexity index is 410. The molecule has 0 aliphatic rings. The Morgan fingerprint density at radius 2 is 2.15 bits per heavy atom. The van der Waals surface area contributed by atoms with Gasteiger partial charge in [-0.3, -0.25) is 0 Å². The van der Waals surface area contributed by atoms with Gasteiger partial charge in [-0.15, -0.1) is 0 Å². The van der Waals surface area contributed by atoms with Gasteiger partial charge in [0, 0.05) is 26.2 Å². The van der Waals surface area contributed by atoms with Gasteiger partial charge in [0.2, 0.25) is 0 Å². The Labute approximate surface area is 120 Å². The Hall–Kier alpha value is -1.75. The third-order valence-electron chi connectivity index (χ3n) is 2.90. The molecule has 0 radical (unpaired) electrons. The summed E-state index contributed by atoms with van der Waals surface area (Å²) in [7, 11) is 1.64. The summed E-state index contributed by atoms with van der Waals surface area (Å²) in [4.78, 5) is 13.8. The Morgan fingerprint density at radius 1 is 1.35 bits per heavy atom. The van der Waals surface area contributed by atoms with E-state index in [2.05, 4.69) is 5.32 Å². The average Bonchev–Trinajstić information content (AvgIpc) is 2.49. The molecule has 20 heavy (non-hydrogen) atoms. The van der Waals surface area contributed by atoms with E-state index in [1.165, 1.54) is 0 Å². The van der Waals surface area contributed by atoms with Crippen molar-refractivity contribution in [3.63, 3.8) is 0 Å². The summed E-state index contributed by atoms with van der Waals surface area (Å²) in [5, 5.41) is 2.85. The van der Waals surface area contributed by atoms with Crippen LogP contribution in [-0.4, -0.2) is 44.3 Å². The van der Waals surface area contributed by atoms with Crippen LogP contribution in [0, 0.1) is 0 Å². The second-order valence-corrected chi connectivity index (χ2v) is 4.29. The predicted octanol–water partition coefficient (Wildman–Crippen LogP) is 2.26. The maximum absolute atomic E-state index is 12.0. The van der Waals surface area contributed by atoms with Crippen LogP contribution in [0.15, 0.2) is 24.3 Å². The number of urea groups is 1. The fourth-order valence-electron chi connectivity index (χ4n) is 1.80. The van der Waals surface area contributed by atoms with E-state index in [1.807, 2.05) is 38.1 Å². The molecule has 1 aromatic rings. The van der Waals surface area contributed by atoms with Crippen LogP contribution in [0.5, 0.6) is 5.75 Å². The maximum atomic E-state index is 12.0. The van der Waals surface area contributed by atoms with Crippen molar-refractivity contribution in [3.8, 4) is 5.75 Å². The van der Waals surface area contributed by atoms with Crippen LogP contribution < -0.4 is 10.1 Å². The van der Waals surface area contributed by atoms with Crippen molar-refractivity contribution >= 4 is 6.03 Å². The highest BCUT2D eigenvalue weighted by molar-refractivity contribution is 5.74. The molecule has 0 bridgehead atoms. The van der Waals surface area contributed by atoms with Crippen LogP contribution in [0.3, 0.4) is 0 Å². The Morgan fingerprint density at radius 3 is 2.80 bits per heavy atom. The summed E-state index contributed by atoms with van der Waals surface area (Å²) >= 11 is 0. The first kappa shape index (κ1) is 16.3. The molecule has 0 spiro atoms. The van der Waals surface area contributed by atoms with Crippen molar-refractivity contribution < 1.29 is 14.3 Å². The predicted molar refractivity (Wildman–Crippen MR) is 79.0 cm³/mol. The molecule has 0 atom stereocenters. The average molecular weight is 280 g/mol. The van der Waals surface area contributed by atoms with Gasteiger partial charge in [-0.2, -0.15) is 0 Å². The molecule has 0 heterocycles. The number of rotatable bonds is 8. The smallest absolute Gasteiger partial charge is 0.317 e. The van der Waals surface area contributed by atoms with Crippen LogP contribution in [-0.2, 0) is 11.3 Å². The third-order valence-corrected chi connectivity index (χ3v) is 2.90. The van der Waals surface area contributed by atoms with Gasteiger partial charge in [-0.25, -0.2) is 4.79 Å². The van der Waals surface area contributed by atoms with E-state index in [1.54, 1.807) is 12.0 Å². The lowest BCUT2D eigenvalue weighted by molar-refractivity contribution is 0.145. The molecule has 2 amide bonds. The first-order chi connectivity index (χ1) is 9.71. The molecule has 1 aromatic carbocycles. The van der Waals surface area contributed by atoms with Crippen molar-refractivity contribution in [2.45, 2.75) is 20.4 Å². The largest absolute Gasteiger partial charge is 0.497 e. The molecule has 0 fully saturated rings. The number of hydrogen-bond donors (Lipinski definition) is 1. The van der Waals surface area contributed by atoms with Crippen molar-refractivity contribution in [3.05, 3.63) is 29.8 Å². The van der Waals surface area contributed by atoms with Crippen LogP contribution in [0.1, 0.15) is 19.4 Å². The zero-order valence-electron chi connectivity index (χ0n) is 12.5. The second-order valence-electron chi connectivity index (χ2n) is 4.29. The van der Waals surface area contributed by atoms with E-state index >= 15 is 0 Å². The number of amides is 2. The topological polar surface area (TPSA) is 50.8 Å². The fourth-order valence-corrected chi connectivity index (χ4v) is 1.80. The Kier molecular flexibility index (Phi) is 7.50. The minimum atomic E-state index is -0.0741. The van der Waals surface area contributed by atoms with Crippen molar-refractivity contribution in [2.75, 3.05) is 33.4 Å². The molecule has 0 unspecified atom stereocenters. The van der Waals surface area contributed by atoms with Gasteiger partial charge in [0.15, 0.2) is 0 Å². The van der Waals surface area contributed by atoms with E-state index in [4.69, 9.17) is 9.47 Å². The van der Waals surface area contributed by atoms with E-state index in [0.29, 0.717) is 32.8 Å². The van der Waals surface area contributed by atoms with Crippen molar-refractivity contribution in [2.24, 2.45) is 0 Å². The van der Waals surface area contributed by atoms with Gasteiger partial charge >= 0.3 is 6.03 Å². The first-order valence-electron chi connectivity index (χ1n) is 6.94. The summed E-state index contributed by atoms with van der Waals surface area (Å²) in [6.07, 6.45) is 0. The SMILES string of the molecule is CCOCCNC(=O)N(CC)Cc1cccc(OC)c1. The fraction of sp³-hybridized carbons (Fsp3) is 0.533. The quantitative estimate of drug-likeness (QED) is 0.743. The molecule has 0 aliphatic carbocycles. The maximum Gasteiger partial charge on any atom is 0.317 e. The van der Waals surface area contributed by atoms with Gasteiger partial charge in [-0.05, 0) is 31.5 Å². The second kappa shape index (κ2) is 9.20. The van der Waals surface area contributed by atoms with E-state index < -0.39 is 0 Å². The number of nitrogens with one attached hydrogen (secondary N) is 1. The summed E-state index contributed by atoms with van der Waals surface area (Å²) in [6, 6.07) is 7.67. The van der Waals surface area contributed by atoms with E-state index in [9.17, 15) is 4.79 Å². The number of benzene rings is 1. The van der Waals surface area contributed by atoms with Crippen molar-refractivity contribution in [1.29, 1.82) is 0 Å². The highest BCUT2D eigenvalue weighted by Crippen LogP contribution is 2.14. The highest BCUT2D eigenvalue weighted by Gasteiger charge is 2.11. The summed E-state index contributed by atoms with van der Waals surface area (Å²) < 4.78 is 10.4. The lowest BCUT2D eigenvalue weighted by Gasteiger charge is -2.21. The van der Waals surface area contributed by atoms with Crippen LogP contribution in [0.4, 0.5) is 4.79 Å². The lowest BCUT2D eigenvalue weighted by Crippen LogP contribution is -2.40. The molecule has 1 rings (SSSR count). The molecule has 112 valence electrons. The van der Waals surface area contributed by atoms with E-state index in [-0.39, 0.29) is 6.03 Å². The summed E-state index contributed by atoms with van der Waals surface area (Å²) in [5.41, 5.74) is 1.05. The lowest BCUT2D eigenvalue weighted by atomic mass is 10.2. The third kappa shape index (κ3) is 5.48. The molecular weight excluding hydrogens is 256 g/mol. The molecule has 1 N–H and O–H groups in total. The summed E-state index contributed by atoms with van der Waals surface area (Å²) in [6.45, 7) is 6.84. The zero-order valence-corrected chi connectivity index (χ0v) is 12.5. The van der Waals surface area contributed by atoms with Gasteiger partial charge in [0.05, 0.1) is 13.7 Å². The van der Waals surface area contributed by atoms with Crippen molar-refractivity contribution in [1.82, 2.24) is 10.2 Å². The zero-order chi connectivity index (χ0) is 14.8. The molecule has 0 aliphatic heterocycles. The van der Waals surface area contributed by atoms with Gasteiger partial charge in [0.1, 0.15) is 5.75 Å². The summed E-state index contributed by atoms with van der Waals surface area (Å²) in [5.74, 6) is 0.801. The number of nitrogens with zero attached hydrogens (tertiary/aromatic N) is 1. The highest BCUT2D eigenvalue weighted by atomic mass is 16.5. The van der Waals surface area contributed by atoms with Crippen LogP contribution >= 0.6 is 0 Å². The van der Waals surface area contributed by atoms with E-state index in [0.717, 1.165) is 11.3 Å². The monoisotopic (exact) mass is 280 g/mol. The van der Waals surface area contributed by atoms with Crippen LogP contribution in [0.2, 0.25) is 0 Å².